The topological polar surface area (TPSA) is 41.6 Å². The summed E-state index contributed by atoms with van der Waals surface area (Å²) in [7, 11) is 0. The molecule has 1 amide bonds. The summed E-state index contributed by atoms with van der Waals surface area (Å²) in [6.07, 6.45) is 1.83. The molecule has 1 N–H and O–H groups in total. The molecule has 0 fully saturated rings. The van der Waals surface area contributed by atoms with Crippen molar-refractivity contribution in [3.05, 3.63) is 65.2 Å². The van der Waals surface area contributed by atoms with Crippen LogP contribution in [0.2, 0.25) is 0 Å². The fraction of sp³-hybridized carbons (Fsp3) is 0.381. The molecular weight excluding hydrogens is 312 g/mol. The van der Waals surface area contributed by atoms with Crippen LogP contribution in [0.3, 0.4) is 0 Å². The van der Waals surface area contributed by atoms with Crippen LogP contribution in [0.1, 0.15) is 36.1 Å². The molecule has 2 atom stereocenters. The van der Waals surface area contributed by atoms with Crippen LogP contribution in [-0.4, -0.2) is 30.0 Å². The molecule has 4 nitrogen and oxygen atoms in total. The predicted molar refractivity (Wildman–Crippen MR) is 97.5 cm³/mol. The highest BCUT2D eigenvalue weighted by Gasteiger charge is 2.28. The third-order valence-corrected chi connectivity index (χ3v) is 5.36. The van der Waals surface area contributed by atoms with Crippen molar-refractivity contribution in [1.82, 2.24) is 10.2 Å². The number of carbonyl (C=O) groups excluding carboxylic acids is 1. The van der Waals surface area contributed by atoms with E-state index >= 15 is 0 Å². The smallest absolute Gasteiger partial charge is 0.237 e. The Kier molecular flexibility index (Phi) is 4.45. The molecule has 0 aliphatic carbocycles. The van der Waals surface area contributed by atoms with Crippen LogP contribution in [0.15, 0.2) is 48.5 Å². The number of hydrogen-bond donors (Lipinski definition) is 1. The first-order valence-electron chi connectivity index (χ1n) is 9.05. The Labute approximate surface area is 148 Å². The zero-order valence-electron chi connectivity index (χ0n) is 14.6. The molecule has 0 radical (unpaired) electrons. The number of rotatable bonds is 3. The van der Waals surface area contributed by atoms with Gasteiger partial charge in [0.25, 0.3) is 0 Å². The molecule has 0 bridgehead atoms. The summed E-state index contributed by atoms with van der Waals surface area (Å²) in [5, 5.41) is 3.24. The highest BCUT2D eigenvalue weighted by molar-refractivity contribution is 5.82. The van der Waals surface area contributed by atoms with Crippen molar-refractivity contribution in [3.8, 4) is 5.75 Å². The number of hydrogen-bond acceptors (Lipinski definition) is 3. The Bertz CT molecular complexity index is 774. The van der Waals surface area contributed by atoms with Crippen LogP contribution in [-0.2, 0) is 17.8 Å². The molecule has 2 aliphatic rings. The number of benzene rings is 2. The molecule has 2 unspecified atom stereocenters. The summed E-state index contributed by atoms with van der Waals surface area (Å²) in [5.41, 5.74) is 3.83. The lowest BCUT2D eigenvalue weighted by molar-refractivity contribution is -0.127. The van der Waals surface area contributed by atoms with E-state index in [1.165, 1.54) is 11.1 Å². The average Bonchev–Trinajstić information content (AvgIpc) is 2.67. The number of ether oxygens (including phenoxy) is 1. The maximum Gasteiger partial charge on any atom is 0.237 e. The van der Waals surface area contributed by atoms with Crippen LogP contribution in [0.25, 0.3) is 0 Å². The normalized spacial score (nSPS) is 20.8. The Hall–Kier alpha value is -2.33. The van der Waals surface area contributed by atoms with E-state index in [-0.39, 0.29) is 18.0 Å². The fourth-order valence-corrected chi connectivity index (χ4v) is 3.80. The number of fused-ring (bicyclic) bond motifs is 2. The van der Waals surface area contributed by atoms with Crippen molar-refractivity contribution in [2.45, 2.75) is 38.4 Å². The number of amides is 1. The standard InChI is InChI=1S/C21H24N2O2/c1-15(23-12-10-16-6-2-3-7-17(16)14-23)21(24)22-19-11-13-25-20-9-5-4-8-18(19)20/h2-9,15,19H,10-14H2,1H3,(H,22,24). The van der Waals surface area contributed by atoms with Gasteiger partial charge in [-0.05, 0) is 30.5 Å². The van der Waals surface area contributed by atoms with Crippen LogP contribution in [0.4, 0.5) is 0 Å². The molecule has 130 valence electrons. The van der Waals surface area contributed by atoms with Gasteiger partial charge in [-0.2, -0.15) is 0 Å². The van der Waals surface area contributed by atoms with Crippen molar-refractivity contribution in [3.63, 3.8) is 0 Å². The lowest BCUT2D eigenvalue weighted by Crippen LogP contribution is -2.48. The van der Waals surface area contributed by atoms with Crippen LogP contribution in [0, 0.1) is 0 Å². The second-order valence-corrected chi connectivity index (χ2v) is 6.90. The molecule has 2 aliphatic heterocycles. The second-order valence-electron chi connectivity index (χ2n) is 6.90. The molecule has 0 aromatic heterocycles. The first-order valence-corrected chi connectivity index (χ1v) is 9.05. The van der Waals surface area contributed by atoms with Gasteiger partial charge in [0.2, 0.25) is 5.91 Å². The molecule has 25 heavy (non-hydrogen) atoms. The third kappa shape index (κ3) is 3.27. The summed E-state index contributed by atoms with van der Waals surface area (Å²) < 4.78 is 5.69. The molecule has 4 heteroatoms. The third-order valence-electron chi connectivity index (χ3n) is 5.36. The largest absolute Gasteiger partial charge is 0.493 e. The molecule has 2 aromatic carbocycles. The monoisotopic (exact) mass is 336 g/mol. The van der Waals surface area contributed by atoms with Crippen molar-refractivity contribution in [1.29, 1.82) is 0 Å². The van der Waals surface area contributed by atoms with E-state index in [2.05, 4.69) is 34.5 Å². The number of para-hydroxylation sites is 1. The van der Waals surface area contributed by atoms with Gasteiger partial charge in [0.1, 0.15) is 5.75 Å². The lowest BCUT2D eigenvalue weighted by atomic mass is 9.98. The summed E-state index contributed by atoms with van der Waals surface area (Å²) in [6.45, 7) is 4.42. The van der Waals surface area contributed by atoms with Crippen molar-refractivity contribution in [2.24, 2.45) is 0 Å². The predicted octanol–water partition coefficient (Wildman–Crippen LogP) is 3.07. The van der Waals surface area contributed by atoms with Gasteiger partial charge in [-0.1, -0.05) is 42.5 Å². The van der Waals surface area contributed by atoms with Gasteiger partial charge in [0.15, 0.2) is 0 Å². The van der Waals surface area contributed by atoms with E-state index in [0.29, 0.717) is 6.61 Å². The Morgan fingerprint density at radius 2 is 1.92 bits per heavy atom. The van der Waals surface area contributed by atoms with E-state index in [1.807, 2.05) is 31.2 Å². The van der Waals surface area contributed by atoms with E-state index < -0.39 is 0 Å². The summed E-state index contributed by atoms with van der Waals surface area (Å²) in [4.78, 5) is 15.1. The van der Waals surface area contributed by atoms with Gasteiger partial charge >= 0.3 is 0 Å². The number of nitrogens with one attached hydrogen (secondary N) is 1. The van der Waals surface area contributed by atoms with Gasteiger partial charge in [-0.15, -0.1) is 0 Å². The molecule has 0 spiro atoms. The van der Waals surface area contributed by atoms with Crippen molar-refractivity contribution < 1.29 is 9.53 Å². The highest BCUT2D eigenvalue weighted by atomic mass is 16.5. The van der Waals surface area contributed by atoms with E-state index in [9.17, 15) is 4.79 Å². The molecule has 4 rings (SSSR count). The average molecular weight is 336 g/mol. The number of carbonyl (C=O) groups is 1. The molecule has 0 saturated carbocycles. The first-order chi connectivity index (χ1) is 12.2. The SMILES string of the molecule is CC(C(=O)NC1CCOc2ccccc21)N1CCc2ccccc2C1. The minimum atomic E-state index is -0.136. The second kappa shape index (κ2) is 6.89. The fourth-order valence-electron chi connectivity index (χ4n) is 3.80. The van der Waals surface area contributed by atoms with Crippen LogP contribution >= 0.6 is 0 Å². The lowest BCUT2D eigenvalue weighted by Gasteiger charge is -2.34. The van der Waals surface area contributed by atoms with E-state index in [4.69, 9.17) is 4.74 Å². The number of nitrogens with zero attached hydrogens (tertiary/aromatic N) is 1. The molecule has 2 aromatic rings. The van der Waals surface area contributed by atoms with Gasteiger partial charge in [0, 0.05) is 25.1 Å². The summed E-state index contributed by atoms with van der Waals surface area (Å²) >= 11 is 0. The molecule has 2 heterocycles. The van der Waals surface area contributed by atoms with Gasteiger partial charge in [-0.3, -0.25) is 9.69 Å². The Morgan fingerprint density at radius 3 is 2.80 bits per heavy atom. The Balaban J connectivity index is 1.44. The molecular formula is C21H24N2O2. The van der Waals surface area contributed by atoms with Gasteiger partial charge in [-0.25, -0.2) is 0 Å². The van der Waals surface area contributed by atoms with Gasteiger partial charge in [0.05, 0.1) is 18.7 Å². The van der Waals surface area contributed by atoms with Crippen LogP contribution < -0.4 is 10.1 Å². The quantitative estimate of drug-likeness (QED) is 0.936. The zero-order chi connectivity index (χ0) is 17.2. The maximum atomic E-state index is 12.8. The Morgan fingerprint density at radius 1 is 1.16 bits per heavy atom. The molecule has 0 saturated heterocycles. The van der Waals surface area contributed by atoms with Crippen molar-refractivity contribution in [2.75, 3.05) is 13.2 Å². The maximum absolute atomic E-state index is 12.8. The summed E-state index contributed by atoms with van der Waals surface area (Å²) in [5.74, 6) is 0.986. The minimum Gasteiger partial charge on any atom is -0.493 e. The van der Waals surface area contributed by atoms with E-state index in [0.717, 1.165) is 37.2 Å². The first kappa shape index (κ1) is 16.2. The van der Waals surface area contributed by atoms with Crippen molar-refractivity contribution >= 4 is 5.91 Å². The van der Waals surface area contributed by atoms with Gasteiger partial charge < -0.3 is 10.1 Å². The van der Waals surface area contributed by atoms with E-state index in [1.54, 1.807) is 0 Å². The van der Waals surface area contributed by atoms with Crippen LogP contribution in [0.5, 0.6) is 5.75 Å². The zero-order valence-corrected chi connectivity index (χ0v) is 14.6. The highest BCUT2D eigenvalue weighted by Crippen LogP contribution is 2.31. The minimum absolute atomic E-state index is 0.0389. The summed E-state index contributed by atoms with van der Waals surface area (Å²) in [6, 6.07) is 16.4.